The van der Waals surface area contributed by atoms with Crippen molar-refractivity contribution in [3.63, 3.8) is 0 Å². The average Bonchev–Trinajstić information content (AvgIpc) is 2.69. The van der Waals surface area contributed by atoms with E-state index in [9.17, 15) is 0 Å². The van der Waals surface area contributed by atoms with Gasteiger partial charge in [0.05, 0.1) is 12.6 Å². The number of halogens is 1. The molecule has 6 heteroatoms. The smallest absolute Gasteiger partial charge is 0.189 e. The van der Waals surface area contributed by atoms with E-state index in [0.29, 0.717) is 25.2 Å². The molecule has 5 nitrogen and oxygen atoms in total. The van der Waals surface area contributed by atoms with E-state index in [2.05, 4.69) is 59.5 Å². The summed E-state index contributed by atoms with van der Waals surface area (Å²) in [5.74, 6) is 1.44. The Kier molecular flexibility index (Phi) is 9.05. The predicted molar refractivity (Wildman–Crippen MR) is 126 cm³/mol. The zero-order valence-electron chi connectivity index (χ0n) is 16.7. The zero-order valence-corrected chi connectivity index (χ0v) is 19.0. The maximum absolute atomic E-state index is 6.13. The monoisotopic (exact) mass is 494 g/mol. The van der Waals surface area contributed by atoms with Crippen LogP contribution in [0.1, 0.15) is 36.9 Å². The second-order valence-corrected chi connectivity index (χ2v) is 7.18. The first kappa shape index (κ1) is 22.5. The molecule has 0 amide bonds. The van der Waals surface area contributed by atoms with E-state index >= 15 is 0 Å². The molecule has 1 heterocycles. The van der Waals surface area contributed by atoms with Gasteiger partial charge in [0.25, 0.3) is 0 Å². The summed E-state index contributed by atoms with van der Waals surface area (Å²) < 4.78 is 5.70. The summed E-state index contributed by atoms with van der Waals surface area (Å²) in [4.78, 5) is 6.89. The van der Waals surface area contributed by atoms with E-state index in [-0.39, 0.29) is 30.0 Å². The molecule has 1 aliphatic rings. The van der Waals surface area contributed by atoms with E-state index in [0.717, 1.165) is 30.7 Å². The van der Waals surface area contributed by atoms with Crippen LogP contribution in [0.4, 0.5) is 0 Å². The number of aliphatic imine (C=N–C) groups is 1. The van der Waals surface area contributed by atoms with Crippen molar-refractivity contribution < 1.29 is 4.74 Å². The third-order valence-corrected chi connectivity index (χ3v) is 5.14. The fourth-order valence-electron chi connectivity index (χ4n) is 3.34. The van der Waals surface area contributed by atoms with E-state index < -0.39 is 0 Å². The Balaban J connectivity index is 0.00000280. The Morgan fingerprint density at radius 3 is 2.71 bits per heavy atom. The van der Waals surface area contributed by atoms with Gasteiger partial charge in [-0.2, -0.15) is 0 Å². The Bertz CT molecular complexity index is 753. The lowest BCUT2D eigenvalue weighted by Crippen LogP contribution is -2.37. The Morgan fingerprint density at radius 2 is 1.93 bits per heavy atom. The fraction of sp³-hybridized carbons (Fsp3) is 0.409. The summed E-state index contributed by atoms with van der Waals surface area (Å²) in [5, 5.41) is 3.35. The van der Waals surface area contributed by atoms with Crippen molar-refractivity contribution in [3.05, 3.63) is 65.7 Å². The Morgan fingerprint density at radius 1 is 1.21 bits per heavy atom. The van der Waals surface area contributed by atoms with Crippen LogP contribution < -0.4 is 15.8 Å². The maximum atomic E-state index is 6.13. The van der Waals surface area contributed by atoms with Gasteiger partial charge in [-0.05, 0) is 32.0 Å². The highest BCUT2D eigenvalue weighted by atomic mass is 127. The molecule has 0 radical (unpaired) electrons. The van der Waals surface area contributed by atoms with Gasteiger partial charge < -0.3 is 15.8 Å². The van der Waals surface area contributed by atoms with E-state index in [1.165, 1.54) is 5.56 Å². The van der Waals surface area contributed by atoms with E-state index in [1.54, 1.807) is 0 Å². The molecule has 3 N–H and O–H groups in total. The minimum atomic E-state index is 0. The highest BCUT2D eigenvalue weighted by Crippen LogP contribution is 2.31. The van der Waals surface area contributed by atoms with Crippen LogP contribution in [0.2, 0.25) is 0 Å². The lowest BCUT2D eigenvalue weighted by Gasteiger charge is -2.27. The molecule has 0 bridgehead atoms. The first-order chi connectivity index (χ1) is 13.1. The molecule has 2 atom stereocenters. The third-order valence-electron chi connectivity index (χ3n) is 5.14. The van der Waals surface area contributed by atoms with Gasteiger partial charge in [0.2, 0.25) is 0 Å². The second kappa shape index (κ2) is 11.3. The number of nitrogens with one attached hydrogen (secondary N) is 1. The van der Waals surface area contributed by atoms with Crippen molar-refractivity contribution in [2.75, 3.05) is 20.2 Å². The van der Waals surface area contributed by atoms with Gasteiger partial charge in [0.1, 0.15) is 5.75 Å². The summed E-state index contributed by atoms with van der Waals surface area (Å²) in [6, 6.07) is 19.2. The lowest BCUT2D eigenvalue weighted by atomic mass is 10.0. The van der Waals surface area contributed by atoms with Crippen molar-refractivity contribution in [1.82, 2.24) is 10.2 Å². The van der Waals surface area contributed by atoms with Crippen LogP contribution in [-0.4, -0.2) is 37.1 Å². The van der Waals surface area contributed by atoms with Crippen LogP contribution in [0.3, 0.4) is 0 Å². The van der Waals surface area contributed by atoms with Crippen molar-refractivity contribution in [1.29, 1.82) is 0 Å². The zero-order chi connectivity index (χ0) is 19.1. The van der Waals surface area contributed by atoms with Crippen molar-refractivity contribution >= 4 is 29.9 Å². The molecule has 152 valence electrons. The number of nitrogens with zero attached hydrogens (tertiary/aromatic N) is 2. The van der Waals surface area contributed by atoms with Crippen LogP contribution in [0.15, 0.2) is 59.6 Å². The first-order valence-electron chi connectivity index (χ1n) is 9.66. The molecule has 28 heavy (non-hydrogen) atoms. The molecular weight excluding hydrogens is 463 g/mol. The summed E-state index contributed by atoms with van der Waals surface area (Å²) in [7, 11) is 2.15. The first-order valence-corrected chi connectivity index (χ1v) is 9.66. The van der Waals surface area contributed by atoms with E-state index in [4.69, 9.17) is 10.5 Å². The Labute approximate surface area is 185 Å². The predicted octanol–water partition coefficient (Wildman–Crippen LogP) is 3.94. The number of hydrogen-bond donors (Lipinski definition) is 2. The second-order valence-electron chi connectivity index (χ2n) is 7.18. The van der Waals surface area contributed by atoms with Crippen LogP contribution in [-0.2, 0) is 6.54 Å². The number of benzene rings is 2. The highest BCUT2D eigenvalue weighted by Gasteiger charge is 2.21. The van der Waals surface area contributed by atoms with Gasteiger partial charge in [-0.1, -0.05) is 48.5 Å². The molecule has 3 rings (SSSR count). The molecule has 0 spiro atoms. The lowest BCUT2D eigenvalue weighted by molar-refractivity contribution is 0.240. The minimum absolute atomic E-state index is 0. The maximum Gasteiger partial charge on any atom is 0.189 e. The van der Waals surface area contributed by atoms with Gasteiger partial charge in [-0.15, -0.1) is 24.0 Å². The van der Waals surface area contributed by atoms with E-state index in [1.807, 2.05) is 24.3 Å². The van der Waals surface area contributed by atoms with Crippen LogP contribution in [0, 0.1) is 0 Å². The van der Waals surface area contributed by atoms with Crippen LogP contribution >= 0.6 is 24.0 Å². The van der Waals surface area contributed by atoms with Gasteiger partial charge >= 0.3 is 0 Å². The topological polar surface area (TPSA) is 62.9 Å². The molecule has 2 aromatic carbocycles. The molecule has 2 unspecified atom stereocenters. The highest BCUT2D eigenvalue weighted by molar-refractivity contribution is 14.0. The number of guanidine groups is 1. The SMILES string of the molecule is CC(CCN=C(N)NC1CCOc2ccccc21)N(C)Cc1ccccc1.I. The molecule has 0 aliphatic carbocycles. The van der Waals surface area contributed by atoms with Crippen molar-refractivity contribution in [2.45, 2.75) is 38.4 Å². The number of ether oxygens (including phenoxy) is 1. The molecule has 0 aromatic heterocycles. The van der Waals surface area contributed by atoms with Crippen LogP contribution in [0.5, 0.6) is 5.75 Å². The molecule has 0 saturated heterocycles. The molecule has 1 aliphatic heterocycles. The molecular formula is C22H31IN4O. The van der Waals surface area contributed by atoms with Crippen molar-refractivity contribution in [2.24, 2.45) is 10.7 Å². The van der Waals surface area contributed by atoms with Gasteiger partial charge in [0, 0.05) is 31.1 Å². The summed E-state index contributed by atoms with van der Waals surface area (Å²) in [6.07, 6.45) is 1.86. The van der Waals surface area contributed by atoms with Gasteiger partial charge in [-0.25, -0.2) is 0 Å². The summed E-state index contributed by atoms with van der Waals surface area (Å²) in [5.41, 5.74) is 8.61. The summed E-state index contributed by atoms with van der Waals surface area (Å²) in [6.45, 7) is 4.59. The normalized spacial score (nSPS) is 17.2. The van der Waals surface area contributed by atoms with Gasteiger partial charge in [0.15, 0.2) is 5.96 Å². The fourth-order valence-corrected chi connectivity index (χ4v) is 3.34. The number of rotatable bonds is 7. The van der Waals surface area contributed by atoms with Crippen LogP contribution in [0.25, 0.3) is 0 Å². The Hall–Kier alpha value is -1.80. The number of nitrogens with two attached hydrogens (primary N) is 1. The van der Waals surface area contributed by atoms with Crippen molar-refractivity contribution in [3.8, 4) is 5.75 Å². The average molecular weight is 494 g/mol. The third kappa shape index (κ3) is 6.38. The molecule has 2 aromatic rings. The molecule has 0 fully saturated rings. The molecule has 0 saturated carbocycles. The largest absolute Gasteiger partial charge is 0.493 e. The number of hydrogen-bond acceptors (Lipinski definition) is 3. The van der Waals surface area contributed by atoms with Gasteiger partial charge in [-0.3, -0.25) is 9.89 Å². The minimum Gasteiger partial charge on any atom is -0.493 e. The summed E-state index contributed by atoms with van der Waals surface area (Å²) >= 11 is 0. The quantitative estimate of drug-likeness (QED) is 0.348. The number of fused-ring (bicyclic) bond motifs is 1. The number of para-hydroxylation sites is 1. The standard InChI is InChI=1S/C22H30N4O.HI/c1-17(26(2)16-18-8-4-3-5-9-18)12-14-24-22(23)25-20-13-15-27-21-11-7-6-10-19(20)21;/h3-11,17,20H,12-16H2,1-2H3,(H3,23,24,25);1H.